The normalized spacial score (nSPS) is 18.4. The Balaban J connectivity index is 1.47. The average Bonchev–Trinajstić information content (AvgIpc) is 3.09. The minimum atomic E-state index is 0.212. The summed E-state index contributed by atoms with van der Waals surface area (Å²) >= 11 is 0. The lowest BCUT2D eigenvalue weighted by molar-refractivity contribution is 0.690. The molecule has 0 radical (unpaired) electrons. The minimum Gasteiger partial charge on any atom is -0.0763 e. The second-order valence-corrected chi connectivity index (χ2v) is 11.9. The van der Waals surface area contributed by atoms with Crippen LogP contribution in [0.4, 0.5) is 0 Å². The Morgan fingerprint density at radius 2 is 1.14 bits per heavy atom. The smallest absolute Gasteiger partial charge is 0.0140 e. The Hall–Kier alpha value is -5.20. The molecule has 210 valence electrons. The summed E-state index contributed by atoms with van der Waals surface area (Å²) < 4.78 is 0. The standard InChI is InChI=1S/C44H34/c1-2-4-6-18-33(19-7-5-3-1)43-39-24-12-13-25-40(39)44(38-27-15-21-32-17-9-11-23-36(32)38)42-30-34(28-29-41(42)43)37-26-14-20-31-16-8-10-22-35(31)37/h1-14,16-26,28-30,41-42H,15,27H2. The van der Waals surface area contributed by atoms with Crippen LogP contribution in [0.2, 0.25) is 0 Å². The molecule has 0 aromatic heterocycles. The van der Waals surface area contributed by atoms with Crippen LogP contribution in [0.15, 0.2) is 164 Å². The quantitative estimate of drug-likeness (QED) is 0.212. The van der Waals surface area contributed by atoms with E-state index < -0.39 is 0 Å². The Kier molecular flexibility index (Phi) is 6.89. The van der Waals surface area contributed by atoms with Crippen molar-refractivity contribution >= 4 is 39.1 Å². The van der Waals surface area contributed by atoms with E-state index in [2.05, 4.69) is 170 Å². The van der Waals surface area contributed by atoms with Gasteiger partial charge in [-0.3, -0.25) is 0 Å². The third-order valence-corrected chi connectivity index (χ3v) is 9.40. The first-order valence-corrected chi connectivity index (χ1v) is 15.8. The molecule has 2 atom stereocenters. The van der Waals surface area contributed by atoms with Crippen LogP contribution < -0.4 is 20.9 Å². The highest BCUT2D eigenvalue weighted by Crippen LogP contribution is 2.44. The summed E-state index contributed by atoms with van der Waals surface area (Å²) in [6, 6.07) is 53.0. The van der Waals surface area contributed by atoms with E-state index in [0.717, 1.165) is 12.8 Å². The summed E-state index contributed by atoms with van der Waals surface area (Å²) in [6.45, 7) is 0. The topological polar surface area (TPSA) is 0 Å². The van der Waals surface area contributed by atoms with Crippen LogP contribution in [-0.2, 0) is 0 Å². The van der Waals surface area contributed by atoms with Crippen molar-refractivity contribution < 1.29 is 0 Å². The average molecular weight is 563 g/mol. The van der Waals surface area contributed by atoms with E-state index in [1.54, 1.807) is 0 Å². The van der Waals surface area contributed by atoms with Gasteiger partial charge >= 0.3 is 0 Å². The molecule has 0 nitrogen and oxygen atoms in total. The fourth-order valence-electron chi connectivity index (χ4n) is 7.51. The monoisotopic (exact) mass is 562 g/mol. The van der Waals surface area contributed by atoms with Crippen LogP contribution in [0.3, 0.4) is 0 Å². The van der Waals surface area contributed by atoms with Gasteiger partial charge in [-0.25, -0.2) is 0 Å². The number of hydrogen-bond acceptors (Lipinski definition) is 0. The molecular formula is C44H34. The lowest BCUT2D eigenvalue weighted by Gasteiger charge is -2.36. The maximum atomic E-state index is 2.58. The molecule has 0 saturated heterocycles. The van der Waals surface area contributed by atoms with Gasteiger partial charge in [0.25, 0.3) is 0 Å². The van der Waals surface area contributed by atoms with Gasteiger partial charge in [0.2, 0.25) is 0 Å². The van der Waals surface area contributed by atoms with Gasteiger partial charge in [0.1, 0.15) is 0 Å². The Labute approximate surface area is 259 Å². The summed E-state index contributed by atoms with van der Waals surface area (Å²) in [4.78, 5) is 0. The Bertz CT molecular complexity index is 2260. The molecule has 0 heteroatoms. The van der Waals surface area contributed by atoms with Gasteiger partial charge in [-0.05, 0) is 77.9 Å². The molecule has 0 bridgehead atoms. The largest absolute Gasteiger partial charge is 0.0763 e. The summed E-state index contributed by atoms with van der Waals surface area (Å²) in [7, 11) is 0. The Morgan fingerprint density at radius 3 is 1.95 bits per heavy atom. The second kappa shape index (κ2) is 11.5. The van der Waals surface area contributed by atoms with Gasteiger partial charge in [0.15, 0.2) is 0 Å². The fourth-order valence-corrected chi connectivity index (χ4v) is 7.51. The SMILES string of the molecule is C1=CC2C(c3ccccccccc3)=c3ccccc3=C(C3=c4ccccc4=CCC3)C2C=C1c1cccc2ccccc12. The summed E-state index contributed by atoms with van der Waals surface area (Å²) in [5, 5.41) is 8.04. The molecule has 3 aliphatic carbocycles. The molecular weight excluding hydrogens is 528 g/mol. The van der Waals surface area contributed by atoms with Crippen LogP contribution in [-0.4, -0.2) is 0 Å². The molecule has 5 aromatic rings. The van der Waals surface area contributed by atoms with Crippen LogP contribution in [0.1, 0.15) is 24.0 Å². The predicted molar refractivity (Wildman–Crippen MR) is 187 cm³/mol. The highest BCUT2D eigenvalue weighted by molar-refractivity contribution is 6.00. The van der Waals surface area contributed by atoms with Crippen molar-refractivity contribution in [3.8, 4) is 0 Å². The van der Waals surface area contributed by atoms with Crippen molar-refractivity contribution in [1.82, 2.24) is 0 Å². The summed E-state index contributed by atoms with van der Waals surface area (Å²) in [5.74, 6) is 0.431. The highest BCUT2D eigenvalue weighted by atomic mass is 14.4. The van der Waals surface area contributed by atoms with E-state index in [9.17, 15) is 0 Å². The molecule has 0 aliphatic heterocycles. The van der Waals surface area contributed by atoms with Crippen LogP contribution >= 0.6 is 0 Å². The molecule has 0 spiro atoms. The first kappa shape index (κ1) is 26.4. The Morgan fingerprint density at radius 1 is 0.500 bits per heavy atom. The van der Waals surface area contributed by atoms with Gasteiger partial charge in [0, 0.05) is 11.8 Å². The first-order chi connectivity index (χ1) is 21.9. The highest BCUT2D eigenvalue weighted by Gasteiger charge is 2.34. The van der Waals surface area contributed by atoms with Crippen LogP contribution in [0.5, 0.6) is 0 Å². The summed E-state index contributed by atoms with van der Waals surface area (Å²) in [5.41, 5.74) is 8.25. The lowest BCUT2D eigenvalue weighted by atomic mass is 9.67. The van der Waals surface area contributed by atoms with Crippen molar-refractivity contribution in [3.63, 3.8) is 0 Å². The third kappa shape index (κ3) is 4.64. The van der Waals surface area contributed by atoms with E-state index in [4.69, 9.17) is 0 Å². The van der Waals surface area contributed by atoms with E-state index in [1.807, 2.05) is 0 Å². The molecule has 8 rings (SSSR count). The van der Waals surface area contributed by atoms with Crippen molar-refractivity contribution in [3.05, 3.63) is 196 Å². The van der Waals surface area contributed by atoms with E-state index in [1.165, 1.54) is 65.1 Å². The maximum absolute atomic E-state index is 2.58. The predicted octanol–water partition coefficient (Wildman–Crippen LogP) is 7.64. The lowest BCUT2D eigenvalue weighted by Crippen LogP contribution is -2.42. The number of hydrogen-bond donors (Lipinski definition) is 0. The summed E-state index contributed by atoms with van der Waals surface area (Å²) in [6.07, 6.45) is 12.0. The number of benzene rings is 4. The molecule has 3 aliphatic rings. The van der Waals surface area contributed by atoms with E-state index >= 15 is 0 Å². The molecule has 0 amide bonds. The zero-order valence-electron chi connectivity index (χ0n) is 24.7. The van der Waals surface area contributed by atoms with Gasteiger partial charge in [-0.15, -0.1) is 0 Å². The number of fused-ring (bicyclic) bond motifs is 4. The van der Waals surface area contributed by atoms with Crippen molar-refractivity contribution in [2.45, 2.75) is 12.8 Å². The van der Waals surface area contributed by atoms with Gasteiger partial charge in [-0.2, -0.15) is 0 Å². The van der Waals surface area contributed by atoms with Crippen molar-refractivity contribution in [2.24, 2.45) is 11.8 Å². The fraction of sp³-hybridized carbons (Fsp3) is 0.0909. The minimum absolute atomic E-state index is 0.212. The number of rotatable bonds is 3. The van der Waals surface area contributed by atoms with Crippen LogP contribution in [0, 0.1) is 11.8 Å². The van der Waals surface area contributed by atoms with Gasteiger partial charge in [0.05, 0.1) is 0 Å². The molecule has 0 N–H and O–H groups in total. The zero-order chi connectivity index (χ0) is 29.3. The zero-order valence-corrected chi connectivity index (χ0v) is 24.7. The van der Waals surface area contributed by atoms with E-state index in [-0.39, 0.29) is 11.8 Å². The molecule has 5 aromatic carbocycles. The number of allylic oxidation sites excluding steroid dienone is 4. The molecule has 0 heterocycles. The van der Waals surface area contributed by atoms with E-state index in [0.29, 0.717) is 0 Å². The van der Waals surface area contributed by atoms with Gasteiger partial charge < -0.3 is 0 Å². The molecule has 44 heavy (non-hydrogen) atoms. The molecule has 0 saturated carbocycles. The van der Waals surface area contributed by atoms with Crippen molar-refractivity contribution in [2.75, 3.05) is 0 Å². The molecule has 0 fully saturated rings. The molecule has 2 unspecified atom stereocenters. The van der Waals surface area contributed by atoms with Crippen molar-refractivity contribution in [1.29, 1.82) is 0 Å². The maximum Gasteiger partial charge on any atom is 0.0140 e. The third-order valence-electron chi connectivity index (χ3n) is 9.40. The van der Waals surface area contributed by atoms with Gasteiger partial charge in [-0.1, -0.05) is 170 Å². The first-order valence-electron chi connectivity index (χ1n) is 15.8. The van der Waals surface area contributed by atoms with Crippen LogP contribution in [0.25, 0.3) is 39.1 Å². The second-order valence-electron chi connectivity index (χ2n) is 11.9.